The van der Waals surface area contributed by atoms with Crippen molar-refractivity contribution in [3.05, 3.63) is 55.6 Å². The summed E-state index contributed by atoms with van der Waals surface area (Å²) < 4.78 is 4.69. The van der Waals surface area contributed by atoms with E-state index in [1.165, 1.54) is 13.2 Å². The molecule has 0 saturated heterocycles. The summed E-state index contributed by atoms with van der Waals surface area (Å²) in [5.74, 6) is -0.582. The molecule has 6 N–H and O–H groups in total. The third kappa shape index (κ3) is 6.35. The molecule has 0 unspecified atom stereocenters. The van der Waals surface area contributed by atoms with Gasteiger partial charge in [0, 0.05) is 21.4 Å². The van der Waals surface area contributed by atoms with Gasteiger partial charge in [-0.3, -0.25) is 0 Å². The average molecular weight is 505 g/mol. The van der Waals surface area contributed by atoms with Crippen LogP contribution in [0.15, 0.2) is 12.1 Å². The minimum Gasteiger partial charge on any atom is -0.870 e. The molecule has 7 nitrogen and oxygen atoms in total. The first-order valence-corrected chi connectivity index (χ1v) is 10.8. The Morgan fingerprint density at radius 3 is 1.61 bits per heavy atom. The van der Waals surface area contributed by atoms with E-state index in [0.717, 1.165) is 47.9 Å². The second-order valence-corrected chi connectivity index (χ2v) is 8.88. The van der Waals surface area contributed by atoms with Crippen molar-refractivity contribution >= 4 is 46.5 Å². The summed E-state index contributed by atoms with van der Waals surface area (Å²) in [7, 11) is 1.34. The van der Waals surface area contributed by atoms with E-state index in [-0.39, 0.29) is 40.6 Å². The predicted octanol–water partition coefficient (Wildman–Crippen LogP) is 2.53. The molecule has 174 valence electrons. The third-order valence-electron chi connectivity index (χ3n) is 5.83. The smallest absolute Gasteiger partial charge is 0.870 e. The summed E-state index contributed by atoms with van der Waals surface area (Å²) in [6.07, 6.45) is 4.38. The molecule has 0 bridgehead atoms. The fraction of sp³-hybridized carbons (Fsp3) is 0.391. The van der Waals surface area contributed by atoms with Crippen LogP contribution in [0.4, 0.5) is 11.4 Å². The Hall–Kier alpha value is -1.48. The van der Waals surface area contributed by atoms with Crippen LogP contribution in [-0.2, 0) is 4.74 Å². The van der Waals surface area contributed by atoms with Gasteiger partial charge in [0.1, 0.15) is 0 Å². The molecule has 0 atom stereocenters. The fourth-order valence-electron chi connectivity index (χ4n) is 3.83. The third-order valence-corrected chi connectivity index (χ3v) is 6.62. The van der Waals surface area contributed by atoms with Crippen LogP contribution >= 0.6 is 23.2 Å². The van der Waals surface area contributed by atoms with Gasteiger partial charge in [0.2, 0.25) is 0 Å². The molecular formula is C23H27Cl2N2NaO5. The summed E-state index contributed by atoms with van der Waals surface area (Å²) in [5.41, 5.74) is 17.1. The Morgan fingerprint density at radius 2 is 1.27 bits per heavy atom. The van der Waals surface area contributed by atoms with Crippen LogP contribution in [0, 0.1) is 13.8 Å². The Bertz CT molecular complexity index is 1070. The van der Waals surface area contributed by atoms with Gasteiger partial charge in [-0.15, -0.1) is 0 Å². The molecule has 2 aromatic rings. The quantitative estimate of drug-likeness (QED) is 0.329. The standard InChI is InChI=1S/C12H14ClNO2.C11H12ClNO2.Na.H2O/c1-6-9(13)5-8(12(15)16-2)11(14)10(6)7-3-4-7;1-5-8(12)4-7(11(14)15)10(13)9(5)6-2-3-6;;/h5,7H,3-4,14H2,1-2H3;4,6H,2-3,13H2,1H3,(H,14,15);;1H2/q;;+1;/p-1. The van der Waals surface area contributed by atoms with E-state index < -0.39 is 11.9 Å². The van der Waals surface area contributed by atoms with E-state index in [1.54, 1.807) is 6.07 Å². The molecule has 2 saturated carbocycles. The number of aromatic carboxylic acids is 1. The van der Waals surface area contributed by atoms with Gasteiger partial charge in [-0.25, -0.2) is 9.59 Å². The molecule has 2 aromatic carbocycles. The van der Waals surface area contributed by atoms with E-state index in [4.69, 9.17) is 39.8 Å². The number of carboxylic acids is 1. The summed E-state index contributed by atoms with van der Waals surface area (Å²) in [5, 5.41) is 10.0. The van der Waals surface area contributed by atoms with Crippen molar-refractivity contribution in [3.8, 4) is 0 Å². The Kier molecular flexibility index (Phi) is 10.5. The number of carbonyl (C=O) groups is 2. The molecule has 2 aliphatic rings. The molecule has 2 fully saturated rings. The maximum atomic E-state index is 11.5. The van der Waals surface area contributed by atoms with Crippen LogP contribution < -0.4 is 41.0 Å². The Labute approximate surface area is 225 Å². The Morgan fingerprint density at radius 1 is 0.909 bits per heavy atom. The van der Waals surface area contributed by atoms with E-state index >= 15 is 0 Å². The van der Waals surface area contributed by atoms with Gasteiger partial charge in [-0.2, -0.15) is 0 Å². The second kappa shape index (κ2) is 11.8. The zero-order valence-electron chi connectivity index (χ0n) is 19.2. The van der Waals surface area contributed by atoms with Crippen LogP contribution in [0.5, 0.6) is 0 Å². The number of esters is 1. The molecule has 4 rings (SSSR count). The minimum atomic E-state index is -1.02. The van der Waals surface area contributed by atoms with Gasteiger partial charge in [0.05, 0.1) is 18.2 Å². The van der Waals surface area contributed by atoms with Crippen molar-refractivity contribution in [2.24, 2.45) is 0 Å². The monoisotopic (exact) mass is 504 g/mol. The van der Waals surface area contributed by atoms with Crippen molar-refractivity contribution in [2.45, 2.75) is 51.4 Å². The number of nitrogens with two attached hydrogens (primary N) is 2. The molecule has 10 heteroatoms. The molecule has 0 heterocycles. The van der Waals surface area contributed by atoms with Crippen LogP contribution in [-0.4, -0.2) is 29.6 Å². The number of rotatable bonds is 4. The summed E-state index contributed by atoms with van der Waals surface area (Å²) in [4.78, 5) is 22.5. The first-order valence-electron chi connectivity index (χ1n) is 10.1. The number of hydrogen-bond acceptors (Lipinski definition) is 6. The predicted molar refractivity (Wildman–Crippen MR) is 125 cm³/mol. The van der Waals surface area contributed by atoms with Gasteiger partial charge in [0.15, 0.2) is 0 Å². The maximum absolute atomic E-state index is 11.5. The van der Waals surface area contributed by atoms with Gasteiger partial charge >= 0.3 is 41.5 Å². The number of carbonyl (C=O) groups excluding carboxylic acids is 1. The van der Waals surface area contributed by atoms with Crippen molar-refractivity contribution in [2.75, 3.05) is 18.6 Å². The molecule has 0 spiro atoms. The summed E-state index contributed by atoms with van der Waals surface area (Å²) in [6.45, 7) is 3.82. The van der Waals surface area contributed by atoms with E-state index in [1.807, 2.05) is 13.8 Å². The fourth-order valence-corrected chi connectivity index (χ4v) is 4.25. The second-order valence-electron chi connectivity index (χ2n) is 8.06. The number of methoxy groups -OCH3 is 1. The molecule has 0 amide bonds. The number of carboxylic acid groups (broad SMARTS) is 1. The normalized spacial score (nSPS) is 14.2. The molecule has 0 aliphatic heterocycles. The number of anilines is 2. The Balaban J connectivity index is 0.000000312. The summed E-state index contributed by atoms with van der Waals surface area (Å²) >= 11 is 12.1. The molecule has 2 aliphatic carbocycles. The van der Waals surface area contributed by atoms with Crippen LogP contribution in [0.2, 0.25) is 10.0 Å². The topological polar surface area (TPSA) is 146 Å². The first-order chi connectivity index (χ1) is 14.6. The zero-order chi connectivity index (χ0) is 23.0. The van der Waals surface area contributed by atoms with Crippen LogP contribution in [0.3, 0.4) is 0 Å². The first kappa shape index (κ1) is 29.6. The van der Waals surface area contributed by atoms with Crippen LogP contribution in [0.25, 0.3) is 0 Å². The van der Waals surface area contributed by atoms with E-state index in [9.17, 15) is 9.59 Å². The minimum absolute atomic E-state index is 0. The molecule has 0 radical (unpaired) electrons. The van der Waals surface area contributed by atoms with Crippen LogP contribution in [0.1, 0.15) is 80.5 Å². The van der Waals surface area contributed by atoms with E-state index in [2.05, 4.69) is 4.74 Å². The van der Waals surface area contributed by atoms with Crippen molar-refractivity contribution in [1.29, 1.82) is 0 Å². The van der Waals surface area contributed by atoms with Gasteiger partial charge < -0.3 is 26.8 Å². The zero-order valence-corrected chi connectivity index (χ0v) is 22.7. The van der Waals surface area contributed by atoms with Crippen molar-refractivity contribution in [3.63, 3.8) is 0 Å². The number of benzene rings is 2. The van der Waals surface area contributed by atoms with Crippen molar-refractivity contribution < 1.29 is 54.5 Å². The number of halogens is 2. The number of ether oxygens (including phenoxy) is 1. The van der Waals surface area contributed by atoms with Gasteiger partial charge in [0.25, 0.3) is 0 Å². The average Bonchev–Trinajstić information content (AvgIpc) is 3.62. The van der Waals surface area contributed by atoms with Crippen molar-refractivity contribution in [1.82, 2.24) is 0 Å². The largest absolute Gasteiger partial charge is 1.00 e. The summed E-state index contributed by atoms with van der Waals surface area (Å²) in [6, 6.07) is 3.02. The number of hydrogen-bond donors (Lipinski definition) is 3. The van der Waals surface area contributed by atoms with E-state index in [0.29, 0.717) is 38.8 Å². The SMILES string of the molecule is COC(=O)c1cc(Cl)c(C)c(C2CC2)c1N.Cc1c(Cl)cc(C(=O)O)c(N)c1C1CC1.[Na+].[OH-]. The maximum Gasteiger partial charge on any atom is 1.00 e. The van der Waals surface area contributed by atoms with Gasteiger partial charge in [-0.05, 0) is 85.8 Å². The molecule has 33 heavy (non-hydrogen) atoms. The molecule has 0 aromatic heterocycles. The molecular weight excluding hydrogens is 478 g/mol. The number of nitrogen functional groups attached to an aromatic ring is 2. The van der Waals surface area contributed by atoms with Gasteiger partial charge in [-0.1, -0.05) is 23.2 Å².